The van der Waals surface area contributed by atoms with Crippen LogP contribution in [-0.2, 0) is 6.42 Å². The van der Waals surface area contributed by atoms with Crippen LogP contribution in [-0.4, -0.2) is 16.2 Å². The maximum absolute atomic E-state index is 9.92. The summed E-state index contributed by atoms with van der Waals surface area (Å²) >= 11 is 0. The van der Waals surface area contributed by atoms with Crippen molar-refractivity contribution in [1.29, 1.82) is 0 Å². The average Bonchev–Trinajstić information content (AvgIpc) is 2.43. The van der Waals surface area contributed by atoms with Crippen molar-refractivity contribution in [2.45, 2.75) is 63.9 Å². The zero-order valence-electron chi connectivity index (χ0n) is 11.9. The number of hydrogen-bond donors (Lipinski definition) is 1. The largest absolute Gasteiger partial charge is 0.393 e. The second kappa shape index (κ2) is 10.7. The van der Waals surface area contributed by atoms with Crippen molar-refractivity contribution >= 4 is 0 Å². The molecule has 2 nitrogen and oxygen atoms in total. The van der Waals surface area contributed by atoms with Crippen LogP contribution in [0.5, 0.6) is 0 Å². The zero-order valence-corrected chi connectivity index (χ0v) is 11.9. The van der Waals surface area contributed by atoms with Crippen molar-refractivity contribution in [3.63, 3.8) is 0 Å². The third-order valence-corrected chi connectivity index (χ3v) is 3.37. The summed E-state index contributed by atoms with van der Waals surface area (Å²) < 4.78 is 0. The van der Waals surface area contributed by atoms with Gasteiger partial charge in [0.25, 0.3) is 0 Å². The number of pyridine rings is 1. The smallest absolute Gasteiger partial charge is 0.0595 e. The Hall–Kier alpha value is -1.15. The Bertz CT molecular complexity index is 323. The highest BCUT2D eigenvalue weighted by Gasteiger charge is 2.05. The van der Waals surface area contributed by atoms with Crippen LogP contribution >= 0.6 is 0 Å². The molecule has 1 rings (SSSR count). The van der Waals surface area contributed by atoms with Crippen LogP contribution < -0.4 is 0 Å². The van der Waals surface area contributed by atoms with Gasteiger partial charge in [-0.2, -0.15) is 0 Å². The predicted octanol–water partition coefficient (Wildman–Crippen LogP) is 4.29. The first-order valence-electron chi connectivity index (χ1n) is 7.52. The lowest BCUT2D eigenvalue weighted by atomic mass is 10.0. The van der Waals surface area contributed by atoms with Crippen LogP contribution in [0.1, 0.15) is 57.1 Å². The van der Waals surface area contributed by atoms with Crippen LogP contribution in [0.2, 0.25) is 0 Å². The van der Waals surface area contributed by atoms with Crippen LogP contribution in [0.3, 0.4) is 0 Å². The number of hydrogen-bond acceptors (Lipinski definition) is 2. The van der Waals surface area contributed by atoms with E-state index in [4.69, 9.17) is 0 Å². The summed E-state index contributed by atoms with van der Waals surface area (Å²) in [5, 5.41) is 9.92. The summed E-state index contributed by atoms with van der Waals surface area (Å²) in [5.74, 6) is 0. The lowest BCUT2D eigenvalue weighted by Gasteiger charge is -2.09. The molecule has 0 aliphatic rings. The minimum atomic E-state index is -0.240. The van der Waals surface area contributed by atoms with Crippen molar-refractivity contribution in [1.82, 2.24) is 4.98 Å². The Morgan fingerprint density at radius 3 is 2.53 bits per heavy atom. The van der Waals surface area contributed by atoms with Gasteiger partial charge in [-0.3, -0.25) is 4.98 Å². The van der Waals surface area contributed by atoms with Crippen LogP contribution in [0.25, 0.3) is 0 Å². The predicted molar refractivity (Wildman–Crippen MR) is 81.1 cm³/mol. The molecule has 1 aromatic heterocycles. The fourth-order valence-corrected chi connectivity index (χ4v) is 2.24. The minimum absolute atomic E-state index is 0.240. The number of aliphatic hydroxyl groups is 1. The highest BCUT2D eigenvalue weighted by atomic mass is 16.3. The molecular formula is C17H27NO. The Morgan fingerprint density at radius 2 is 1.84 bits per heavy atom. The maximum atomic E-state index is 9.92. The van der Waals surface area contributed by atoms with Crippen molar-refractivity contribution < 1.29 is 5.11 Å². The summed E-state index contributed by atoms with van der Waals surface area (Å²) in [4.78, 5) is 4.24. The number of rotatable bonds is 11. The summed E-state index contributed by atoms with van der Waals surface area (Å²) in [6.07, 6.45) is 13.8. The van der Waals surface area contributed by atoms with Crippen LogP contribution in [0.15, 0.2) is 37.1 Å². The molecule has 1 atom stereocenters. The Labute approximate surface area is 117 Å². The molecule has 2 heteroatoms. The third-order valence-electron chi connectivity index (χ3n) is 3.37. The molecule has 0 saturated carbocycles. The highest BCUT2D eigenvalue weighted by Crippen LogP contribution is 2.11. The minimum Gasteiger partial charge on any atom is -0.393 e. The SMILES string of the molecule is C=CCCCCCCCCC(O)Cc1ccccn1. The second-order valence-electron chi connectivity index (χ2n) is 5.17. The van der Waals surface area contributed by atoms with E-state index in [2.05, 4.69) is 11.6 Å². The van der Waals surface area contributed by atoms with E-state index in [1.165, 1.54) is 32.1 Å². The molecule has 0 aliphatic heterocycles. The Kier molecular flexibility index (Phi) is 8.99. The average molecular weight is 261 g/mol. The first kappa shape index (κ1) is 15.9. The Balaban J connectivity index is 1.96. The molecule has 1 unspecified atom stereocenters. The first-order chi connectivity index (χ1) is 9.33. The topological polar surface area (TPSA) is 33.1 Å². The molecule has 0 radical (unpaired) electrons. The molecular weight excluding hydrogens is 234 g/mol. The van der Waals surface area contributed by atoms with E-state index < -0.39 is 0 Å². The lowest BCUT2D eigenvalue weighted by molar-refractivity contribution is 0.159. The van der Waals surface area contributed by atoms with Crippen molar-refractivity contribution in [3.05, 3.63) is 42.7 Å². The van der Waals surface area contributed by atoms with Gasteiger partial charge in [-0.1, -0.05) is 44.2 Å². The van der Waals surface area contributed by atoms with E-state index in [0.29, 0.717) is 6.42 Å². The van der Waals surface area contributed by atoms with Gasteiger partial charge in [-0.25, -0.2) is 0 Å². The van der Waals surface area contributed by atoms with E-state index in [0.717, 1.165) is 25.0 Å². The summed E-state index contributed by atoms with van der Waals surface area (Å²) in [7, 11) is 0. The van der Waals surface area contributed by atoms with Gasteiger partial charge in [0.15, 0.2) is 0 Å². The maximum Gasteiger partial charge on any atom is 0.0595 e. The van der Waals surface area contributed by atoms with Crippen molar-refractivity contribution in [2.75, 3.05) is 0 Å². The summed E-state index contributed by atoms with van der Waals surface area (Å²) in [6, 6.07) is 5.85. The van der Waals surface area contributed by atoms with E-state index in [1.54, 1.807) is 6.20 Å². The molecule has 0 spiro atoms. The molecule has 0 fully saturated rings. The molecule has 19 heavy (non-hydrogen) atoms. The van der Waals surface area contributed by atoms with Gasteiger partial charge in [0, 0.05) is 18.3 Å². The molecule has 1 heterocycles. The number of nitrogens with zero attached hydrogens (tertiary/aromatic N) is 1. The van der Waals surface area contributed by atoms with Gasteiger partial charge < -0.3 is 5.11 Å². The molecule has 106 valence electrons. The van der Waals surface area contributed by atoms with E-state index in [1.807, 2.05) is 24.3 Å². The lowest BCUT2D eigenvalue weighted by Crippen LogP contribution is -2.11. The number of aliphatic hydroxyl groups excluding tert-OH is 1. The van der Waals surface area contributed by atoms with E-state index in [9.17, 15) is 5.11 Å². The molecule has 0 bridgehead atoms. The quantitative estimate of drug-likeness (QED) is 0.476. The van der Waals surface area contributed by atoms with E-state index in [-0.39, 0.29) is 6.10 Å². The number of allylic oxidation sites excluding steroid dienone is 1. The molecule has 0 aromatic carbocycles. The monoisotopic (exact) mass is 261 g/mol. The number of unbranched alkanes of at least 4 members (excludes halogenated alkanes) is 6. The van der Waals surface area contributed by atoms with Crippen LogP contribution in [0, 0.1) is 0 Å². The van der Waals surface area contributed by atoms with Gasteiger partial charge in [0.1, 0.15) is 0 Å². The van der Waals surface area contributed by atoms with Crippen molar-refractivity contribution in [3.8, 4) is 0 Å². The first-order valence-corrected chi connectivity index (χ1v) is 7.52. The second-order valence-corrected chi connectivity index (χ2v) is 5.17. The normalized spacial score (nSPS) is 12.3. The summed E-state index contributed by atoms with van der Waals surface area (Å²) in [6.45, 7) is 3.73. The van der Waals surface area contributed by atoms with Gasteiger partial charge in [-0.05, 0) is 31.4 Å². The number of aromatic nitrogens is 1. The summed E-state index contributed by atoms with van der Waals surface area (Å²) in [5.41, 5.74) is 0.986. The fraction of sp³-hybridized carbons (Fsp3) is 0.588. The molecule has 0 aliphatic carbocycles. The highest BCUT2D eigenvalue weighted by molar-refractivity contribution is 5.04. The van der Waals surface area contributed by atoms with Crippen molar-refractivity contribution in [2.24, 2.45) is 0 Å². The standard InChI is InChI=1S/C17H27NO/c1-2-3-4-5-6-7-8-9-13-17(19)15-16-12-10-11-14-18-16/h2,10-12,14,17,19H,1,3-9,13,15H2. The van der Waals surface area contributed by atoms with Crippen LogP contribution in [0.4, 0.5) is 0 Å². The Morgan fingerprint density at radius 1 is 1.11 bits per heavy atom. The zero-order chi connectivity index (χ0) is 13.8. The van der Waals surface area contributed by atoms with Gasteiger partial charge in [0.05, 0.1) is 6.10 Å². The van der Waals surface area contributed by atoms with Gasteiger partial charge in [0.2, 0.25) is 0 Å². The van der Waals surface area contributed by atoms with Gasteiger partial charge >= 0.3 is 0 Å². The third kappa shape index (κ3) is 8.55. The molecule has 0 amide bonds. The fourth-order valence-electron chi connectivity index (χ4n) is 2.24. The van der Waals surface area contributed by atoms with Gasteiger partial charge in [-0.15, -0.1) is 6.58 Å². The molecule has 1 aromatic rings. The molecule has 1 N–H and O–H groups in total. The molecule has 0 saturated heterocycles. The van der Waals surface area contributed by atoms with E-state index >= 15 is 0 Å².